The van der Waals surface area contributed by atoms with E-state index in [4.69, 9.17) is 21.7 Å². The molecular weight excluding hydrogens is 454 g/mol. The summed E-state index contributed by atoms with van der Waals surface area (Å²) in [4.78, 5) is 37.0. The summed E-state index contributed by atoms with van der Waals surface area (Å²) in [6.07, 6.45) is 3.71. The van der Waals surface area contributed by atoms with Crippen LogP contribution in [0.4, 0.5) is 10.7 Å². The maximum atomic E-state index is 12.6. The van der Waals surface area contributed by atoms with Crippen molar-refractivity contribution in [3.8, 4) is 5.75 Å². The summed E-state index contributed by atoms with van der Waals surface area (Å²) in [5.41, 5.74) is 1.17. The van der Waals surface area contributed by atoms with Crippen molar-refractivity contribution in [3.63, 3.8) is 0 Å². The van der Waals surface area contributed by atoms with Crippen LogP contribution in [0.2, 0.25) is 0 Å². The number of rotatable bonds is 7. The smallest absolute Gasteiger partial charge is 0.341 e. The number of hydrogen-bond donors (Lipinski definition) is 2. The van der Waals surface area contributed by atoms with Crippen LogP contribution in [0, 0.1) is 10.1 Å². The topological polar surface area (TPSA) is 120 Å². The quantitative estimate of drug-likeness (QED) is 0.263. The van der Waals surface area contributed by atoms with Crippen LogP contribution in [0.15, 0.2) is 18.2 Å². The normalized spacial score (nSPS) is 12.4. The van der Waals surface area contributed by atoms with Crippen molar-refractivity contribution in [1.29, 1.82) is 0 Å². The highest BCUT2D eigenvalue weighted by Gasteiger charge is 2.27. The first-order valence-electron chi connectivity index (χ1n) is 10.2. The fourth-order valence-electron chi connectivity index (χ4n) is 3.46. The molecule has 0 radical (unpaired) electrons. The Bertz CT molecular complexity index is 1070. The van der Waals surface area contributed by atoms with Gasteiger partial charge in [0.1, 0.15) is 5.00 Å². The highest BCUT2D eigenvalue weighted by atomic mass is 32.1. The van der Waals surface area contributed by atoms with Crippen LogP contribution in [0.5, 0.6) is 5.75 Å². The minimum absolute atomic E-state index is 0.0179. The lowest BCUT2D eigenvalue weighted by atomic mass is 9.95. The number of nitro benzene ring substituents is 1. The van der Waals surface area contributed by atoms with E-state index < -0.39 is 16.8 Å². The number of esters is 1. The van der Waals surface area contributed by atoms with Gasteiger partial charge in [-0.15, -0.1) is 11.3 Å². The van der Waals surface area contributed by atoms with Crippen molar-refractivity contribution in [2.75, 3.05) is 18.5 Å². The van der Waals surface area contributed by atoms with Crippen LogP contribution in [-0.4, -0.2) is 35.1 Å². The van der Waals surface area contributed by atoms with Gasteiger partial charge < -0.3 is 14.8 Å². The molecule has 32 heavy (non-hydrogen) atoms. The van der Waals surface area contributed by atoms with E-state index in [0.717, 1.165) is 42.2 Å². The number of nitrogens with zero attached hydrogens (tertiary/aromatic N) is 1. The highest BCUT2D eigenvalue weighted by Crippen LogP contribution is 2.38. The van der Waals surface area contributed by atoms with E-state index in [1.54, 1.807) is 13.8 Å². The number of ether oxygens (including phenoxy) is 2. The summed E-state index contributed by atoms with van der Waals surface area (Å²) in [5, 5.41) is 17.3. The van der Waals surface area contributed by atoms with E-state index in [1.807, 2.05) is 0 Å². The third kappa shape index (κ3) is 5.22. The van der Waals surface area contributed by atoms with E-state index in [9.17, 15) is 19.7 Å². The molecule has 0 unspecified atom stereocenters. The zero-order chi connectivity index (χ0) is 23.3. The summed E-state index contributed by atoms with van der Waals surface area (Å²) < 4.78 is 10.4. The maximum Gasteiger partial charge on any atom is 0.341 e. The van der Waals surface area contributed by atoms with Gasteiger partial charge in [-0.25, -0.2) is 4.79 Å². The zero-order valence-corrected chi connectivity index (χ0v) is 19.3. The Morgan fingerprint density at radius 2 is 1.97 bits per heavy atom. The number of hydrogen-bond acceptors (Lipinski definition) is 8. The average Bonchev–Trinajstić information content (AvgIpc) is 3.11. The van der Waals surface area contributed by atoms with Crippen LogP contribution < -0.4 is 15.4 Å². The second-order valence-corrected chi connectivity index (χ2v) is 8.43. The third-order valence-corrected chi connectivity index (χ3v) is 6.23. The van der Waals surface area contributed by atoms with Crippen molar-refractivity contribution < 1.29 is 24.0 Å². The standard InChI is InChI=1S/C21H23N3O6S2/c1-3-29-15-10-9-12(11-14(15)24(27)28)18(25)22-21(31)23-19-17(20(26)30-4-2)13-7-5-6-8-16(13)32-19/h9-11H,3-8H2,1-2H3,(H2,22,23,25,31). The molecule has 2 aromatic rings. The molecule has 1 aromatic carbocycles. The number of aryl methyl sites for hydroxylation is 1. The summed E-state index contributed by atoms with van der Waals surface area (Å²) in [6.45, 7) is 3.96. The minimum atomic E-state index is -0.618. The SMILES string of the molecule is CCOC(=O)c1c(NC(=S)NC(=O)c2ccc(OCC)c([N+](=O)[O-])c2)sc2c1CCCC2. The Morgan fingerprint density at radius 1 is 1.22 bits per heavy atom. The molecule has 11 heteroatoms. The Kier molecular flexibility index (Phi) is 7.75. The minimum Gasteiger partial charge on any atom is -0.487 e. The van der Waals surface area contributed by atoms with Crippen LogP contribution in [-0.2, 0) is 17.6 Å². The van der Waals surface area contributed by atoms with Gasteiger partial charge in [0.15, 0.2) is 10.9 Å². The van der Waals surface area contributed by atoms with Gasteiger partial charge in [-0.1, -0.05) is 0 Å². The molecular formula is C21H23N3O6S2. The van der Waals surface area contributed by atoms with Crippen LogP contribution in [0.3, 0.4) is 0 Å². The lowest BCUT2D eigenvalue weighted by molar-refractivity contribution is -0.385. The van der Waals surface area contributed by atoms with Crippen molar-refractivity contribution in [3.05, 3.63) is 49.9 Å². The zero-order valence-electron chi connectivity index (χ0n) is 17.7. The molecule has 0 aliphatic heterocycles. The number of thiophene rings is 1. The molecule has 1 aliphatic carbocycles. The lowest BCUT2D eigenvalue weighted by Crippen LogP contribution is -2.34. The predicted octanol–water partition coefficient (Wildman–Crippen LogP) is 4.24. The number of carbonyl (C=O) groups is 2. The Balaban J connectivity index is 1.78. The summed E-state index contributed by atoms with van der Waals surface area (Å²) in [7, 11) is 0. The van der Waals surface area contributed by atoms with Crippen LogP contribution in [0.1, 0.15) is 57.8 Å². The van der Waals surface area contributed by atoms with Crippen LogP contribution in [0.25, 0.3) is 0 Å². The first-order valence-corrected chi connectivity index (χ1v) is 11.4. The molecule has 1 aromatic heterocycles. The van der Waals surface area contributed by atoms with Crippen molar-refractivity contribution >= 4 is 51.2 Å². The first kappa shape index (κ1) is 23.6. The number of fused-ring (bicyclic) bond motifs is 1. The van der Waals surface area contributed by atoms with E-state index in [1.165, 1.54) is 23.5 Å². The number of nitro groups is 1. The number of benzene rings is 1. The number of anilines is 1. The molecule has 0 fully saturated rings. The van der Waals surface area contributed by atoms with Crippen molar-refractivity contribution in [2.45, 2.75) is 39.5 Å². The molecule has 1 heterocycles. The summed E-state index contributed by atoms with van der Waals surface area (Å²) >= 11 is 6.69. The molecule has 0 atom stereocenters. The molecule has 0 saturated heterocycles. The second-order valence-electron chi connectivity index (χ2n) is 6.92. The largest absolute Gasteiger partial charge is 0.487 e. The fourth-order valence-corrected chi connectivity index (χ4v) is 5.00. The number of thiocarbonyl (C=S) groups is 1. The third-order valence-electron chi connectivity index (χ3n) is 4.82. The lowest BCUT2D eigenvalue weighted by Gasteiger charge is -2.13. The Labute approximate surface area is 194 Å². The molecule has 0 spiro atoms. The van der Waals surface area contributed by atoms with Crippen molar-refractivity contribution in [2.24, 2.45) is 0 Å². The predicted molar refractivity (Wildman–Crippen MR) is 125 cm³/mol. The van der Waals surface area contributed by atoms with Gasteiger partial charge in [0.25, 0.3) is 5.91 Å². The average molecular weight is 478 g/mol. The van der Waals surface area contributed by atoms with Crippen LogP contribution >= 0.6 is 23.6 Å². The second kappa shape index (κ2) is 10.5. The molecule has 0 saturated carbocycles. The first-order chi connectivity index (χ1) is 15.3. The highest BCUT2D eigenvalue weighted by molar-refractivity contribution is 7.80. The van der Waals surface area contributed by atoms with Gasteiger partial charge in [0.2, 0.25) is 0 Å². The van der Waals surface area contributed by atoms with Gasteiger partial charge in [0, 0.05) is 16.5 Å². The fraction of sp³-hybridized carbons (Fsp3) is 0.381. The van der Waals surface area contributed by atoms with Crippen molar-refractivity contribution in [1.82, 2.24) is 5.32 Å². The molecule has 0 bridgehead atoms. The monoisotopic (exact) mass is 477 g/mol. The number of carbonyl (C=O) groups excluding carboxylic acids is 2. The Hall–Kier alpha value is -3.05. The molecule has 170 valence electrons. The Morgan fingerprint density at radius 3 is 2.66 bits per heavy atom. The van der Waals surface area contributed by atoms with E-state index in [2.05, 4.69) is 10.6 Å². The van der Waals surface area contributed by atoms with E-state index in [0.29, 0.717) is 10.6 Å². The van der Waals surface area contributed by atoms with Gasteiger partial charge >= 0.3 is 11.7 Å². The summed E-state index contributed by atoms with van der Waals surface area (Å²) in [5.74, 6) is -0.962. The van der Waals surface area contributed by atoms with Gasteiger partial charge in [-0.3, -0.25) is 20.2 Å². The van der Waals surface area contributed by atoms with E-state index >= 15 is 0 Å². The molecule has 1 aliphatic rings. The molecule has 9 nitrogen and oxygen atoms in total. The van der Waals surface area contributed by atoms with Gasteiger partial charge in [0.05, 0.1) is 23.7 Å². The summed E-state index contributed by atoms with van der Waals surface area (Å²) in [6, 6.07) is 3.93. The maximum absolute atomic E-state index is 12.6. The molecule has 1 amide bonds. The molecule has 3 rings (SSSR count). The van der Waals surface area contributed by atoms with Gasteiger partial charge in [-0.2, -0.15) is 0 Å². The number of nitrogens with one attached hydrogen (secondary N) is 2. The number of amides is 1. The van der Waals surface area contributed by atoms with E-state index in [-0.39, 0.29) is 35.3 Å². The molecule has 2 N–H and O–H groups in total. The van der Waals surface area contributed by atoms with Gasteiger partial charge in [-0.05, 0) is 69.4 Å².